The van der Waals surface area contributed by atoms with Crippen LogP contribution in [-0.2, 0) is 27.9 Å². The Morgan fingerprint density at radius 2 is 1.18 bits per heavy atom. The number of esters is 1. The molecule has 0 N–H and O–H groups in total. The second-order valence-electron chi connectivity index (χ2n) is 12.6. The monoisotopic (exact) mass is 655 g/mol. The molecule has 0 radical (unpaired) electrons. The number of unbranched alkanes of at least 4 members (excludes halogenated alkanes) is 11. The van der Waals surface area contributed by atoms with Crippen molar-refractivity contribution in [3.05, 3.63) is 48.6 Å². The summed E-state index contributed by atoms with van der Waals surface area (Å²) in [4.78, 5) is 23.4. The second-order valence-corrected chi connectivity index (χ2v) is 14.0. The van der Waals surface area contributed by atoms with E-state index in [0.717, 1.165) is 38.5 Å². The summed E-state index contributed by atoms with van der Waals surface area (Å²) in [6.45, 7) is 4.26. The van der Waals surface area contributed by atoms with Gasteiger partial charge in [-0.2, -0.15) is 0 Å². The maximum Gasteiger partial charge on any atom is 0.303 e. The van der Waals surface area contributed by atoms with Crippen molar-refractivity contribution in [3.8, 4) is 0 Å². The molecule has 0 aliphatic heterocycles. The van der Waals surface area contributed by atoms with Crippen molar-refractivity contribution in [3.63, 3.8) is 0 Å². The van der Waals surface area contributed by atoms with Crippen LogP contribution in [0.15, 0.2) is 48.6 Å². The molecule has 0 aromatic heterocycles. The molecule has 0 spiro atoms. The second kappa shape index (κ2) is 29.8. The van der Waals surface area contributed by atoms with Crippen LogP contribution in [0.5, 0.6) is 0 Å². The SMILES string of the molecule is CC/C=C\C/C=C\C/C=C\C/C=C\CCCCCCCCCCCCCOCC(COP(=O)([O-])OCC[N+](C)(C)C)OC(C)=O. The molecule has 0 saturated heterocycles. The number of ether oxygens (including phenoxy) is 2. The Hall–Kier alpha value is -1.54. The van der Waals surface area contributed by atoms with Gasteiger partial charge < -0.3 is 27.9 Å². The standard InChI is InChI=1S/C36H66NO7P/c1-6-7-8-9-10-11-12-13-14-15-16-17-18-19-20-21-22-23-24-25-26-27-28-29-31-41-33-36(44-35(2)38)34-43-45(39,40)42-32-30-37(3,4)5/h7-8,10-11,13-14,16-17,36H,6,9,12,15,18-34H2,1-5H3/b8-7-,11-10-,14-13-,17-16-. The minimum Gasteiger partial charge on any atom is -0.756 e. The zero-order chi connectivity index (χ0) is 33.5. The van der Waals surface area contributed by atoms with Gasteiger partial charge in [-0.25, -0.2) is 0 Å². The molecule has 0 heterocycles. The Morgan fingerprint density at radius 1 is 0.689 bits per heavy atom. The van der Waals surface area contributed by atoms with Gasteiger partial charge in [-0.1, -0.05) is 113 Å². The number of carbonyl (C=O) groups excluding carboxylic acids is 1. The predicted octanol–water partition coefficient (Wildman–Crippen LogP) is 8.63. The molecule has 0 aliphatic carbocycles. The van der Waals surface area contributed by atoms with Crippen LogP contribution in [0.2, 0.25) is 0 Å². The van der Waals surface area contributed by atoms with Gasteiger partial charge in [0.05, 0.1) is 34.4 Å². The van der Waals surface area contributed by atoms with Crippen molar-refractivity contribution < 1.29 is 37.3 Å². The first-order valence-electron chi connectivity index (χ1n) is 17.3. The van der Waals surface area contributed by atoms with Crippen LogP contribution < -0.4 is 4.89 Å². The molecule has 8 nitrogen and oxygen atoms in total. The highest BCUT2D eigenvalue weighted by Crippen LogP contribution is 2.38. The Morgan fingerprint density at radius 3 is 1.69 bits per heavy atom. The molecular weight excluding hydrogens is 589 g/mol. The van der Waals surface area contributed by atoms with Crippen LogP contribution in [0.25, 0.3) is 0 Å². The summed E-state index contributed by atoms with van der Waals surface area (Å²) in [6.07, 6.45) is 36.2. The topological polar surface area (TPSA) is 94.1 Å². The summed E-state index contributed by atoms with van der Waals surface area (Å²) in [6, 6.07) is 0. The van der Waals surface area contributed by atoms with E-state index in [1.807, 2.05) is 21.1 Å². The highest BCUT2D eigenvalue weighted by molar-refractivity contribution is 7.45. The van der Waals surface area contributed by atoms with Crippen molar-refractivity contribution in [2.24, 2.45) is 0 Å². The maximum atomic E-state index is 12.0. The Bertz CT molecular complexity index is 864. The summed E-state index contributed by atoms with van der Waals surface area (Å²) in [7, 11) is 1.34. The molecule has 0 bridgehead atoms. The Kier molecular flexibility index (Phi) is 28.8. The van der Waals surface area contributed by atoms with E-state index in [0.29, 0.717) is 17.6 Å². The van der Waals surface area contributed by atoms with Crippen LogP contribution in [0.4, 0.5) is 0 Å². The molecule has 2 atom stereocenters. The van der Waals surface area contributed by atoms with Gasteiger partial charge in [0.15, 0.2) is 0 Å². The van der Waals surface area contributed by atoms with E-state index in [9.17, 15) is 14.3 Å². The van der Waals surface area contributed by atoms with Gasteiger partial charge in [0.1, 0.15) is 19.3 Å². The number of phosphoric ester groups is 1. The Labute approximate surface area is 276 Å². The lowest BCUT2D eigenvalue weighted by Gasteiger charge is -2.28. The molecular formula is C36H66NO7P. The van der Waals surface area contributed by atoms with Gasteiger partial charge in [-0.05, 0) is 44.9 Å². The third-order valence-electron chi connectivity index (χ3n) is 6.94. The summed E-state index contributed by atoms with van der Waals surface area (Å²) in [5, 5.41) is 0. The van der Waals surface area contributed by atoms with E-state index in [4.69, 9.17) is 18.5 Å². The molecule has 0 amide bonds. The van der Waals surface area contributed by atoms with Gasteiger partial charge in [0, 0.05) is 13.5 Å². The minimum atomic E-state index is -4.47. The third kappa shape index (κ3) is 35.2. The molecule has 262 valence electrons. The van der Waals surface area contributed by atoms with Crippen molar-refractivity contribution in [1.82, 2.24) is 0 Å². The molecule has 0 aliphatic rings. The minimum absolute atomic E-state index is 0.0206. The summed E-state index contributed by atoms with van der Waals surface area (Å²) < 4.78 is 33.2. The van der Waals surface area contributed by atoms with Crippen LogP contribution >= 0.6 is 7.82 Å². The number of hydrogen-bond acceptors (Lipinski definition) is 7. The first kappa shape index (κ1) is 43.5. The number of quaternary nitrogens is 1. The fraction of sp³-hybridized carbons (Fsp3) is 0.750. The first-order chi connectivity index (χ1) is 21.6. The maximum absolute atomic E-state index is 12.0. The van der Waals surface area contributed by atoms with E-state index in [1.54, 1.807) is 0 Å². The highest BCUT2D eigenvalue weighted by atomic mass is 31.2. The van der Waals surface area contributed by atoms with Crippen molar-refractivity contribution in [2.45, 2.75) is 123 Å². The molecule has 0 fully saturated rings. The van der Waals surface area contributed by atoms with Crippen molar-refractivity contribution in [1.29, 1.82) is 0 Å². The zero-order valence-corrected chi connectivity index (χ0v) is 30.2. The fourth-order valence-electron chi connectivity index (χ4n) is 4.36. The molecule has 0 saturated carbocycles. The summed E-state index contributed by atoms with van der Waals surface area (Å²) in [5.74, 6) is -0.513. The molecule has 9 heteroatoms. The van der Waals surface area contributed by atoms with Crippen molar-refractivity contribution >= 4 is 13.8 Å². The third-order valence-corrected chi connectivity index (χ3v) is 7.91. The zero-order valence-electron chi connectivity index (χ0n) is 29.3. The Balaban J connectivity index is 3.65. The average Bonchev–Trinajstić information content (AvgIpc) is 2.96. The number of carbonyl (C=O) groups is 1. The largest absolute Gasteiger partial charge is 0.756 e. The predicted molar refractivity (Wildman–Crippen MR) is 185 cm³/mol. The fourth-order valence-corrected chi connectivity index (χ4v) is 5.09. The van der Waals surface area contributed by atoms with E-state index in [2.05, 4.69) is 55.5 Å². The van der Waals surface area contributed by atoms with Gasteiger partial charge in [0.2, 0.25) is 0 Å². The molecule has 2 unspecified atom stereocenters. The first-order valence-corrected chi connectivity index (χ1v) is 18.8. The molecule has 45 heavy (non-hydrogen) atoms. The quantitative estimate of drug-likeness (QED) is 0.0243. The van der Waals surface area contributed by atoms with Gasteiger partial charge >= 0.3 is 5.97 Å². The average molecular weight is 656 g/mol. The highest BCUT2D eigenvalue weighted by Gasteiger charge is 2.19. The van der Waals surface area contributed by atoms with E-state index in [-0.39, 0.29) is 19.8 Å². The number of phosphoric acid groups is 1. The lowest BCUT2D eigenvalue weighted by Crippen LogP contribution is -2.37. The van der Waals surface area contributed by atoms with Crippen LogP contribution in [-0.4, -0.2) is 70.7 Å². The molecule has 0 aromatic rings. The van der Waals surface area contributed by atoms with Gasteiger partial charge in [-0.3, -0.25) is 9.36 Å². The van der Waals surface area contributed by atoms with Gasteiger partial charge in [-0.15, -0.1) is 0 Å². The number of hydrogen-bond donors (Lipinski definition) is 0. The number of likely N-dealkylation sites (N-methyl/N-ethyl adjacent to an activating group) is 1. The lowest BCUT2D eigenvalue weighted by molar-refractivity contribution is -0.870. The molecule has 0 rings (SSSR count). The summed E-state index contributed by atoms with van der Waals surface area (Å²) in [5.41, 5.74) is 0. The smallest absolute Gasteiger partial charge is 0.303 e. The van der Waals surface area contributed by atoms with Crippen LogP contribution in [0.1, 0.15) is 117 Å². The van der Waals surface area contributed by atoms with Crippen molar-refractivity contribution in [2.75, 3.05) is 54.1 Å². The van der Waals surface area contributed by atoms with Gasteiger partial charge in [0.25, 0.3) is 7.82 Å². The normalized spacial score (nSPS) is 14.7. The summed E-state index contributed by atoms with van der Waals surface area (Å²) >= 11 is 0. The van der Waals surface area contributed by atoms with Crippen LogP contribution in [0, 0.1) is 0 Å². The lowest BCUT2D eigenvalue weighted by atomic mass is 10.1. The molecule has 0 aromatic carbocycles. The van der Waals surface area contributed by atoms with E-state index >= 15 is 0 Å². The number of rotatable bonds is 31. The number of nitrogens with zero attached hydrogens (tertiary/aromatic N) is 1. The number of allylic oxidation sites excluding steroid dienone is 8. The van der Waals surface area contributed by atoms with Crippen LogP contribution in [0.3, 0.4) is 0 Å². The van der Waals surface area contributed by atoms with E-state index < -0.39 is 19.9 Å². The van der Waals surface area contributed by atoms with E-state index in [1.165, 1.54) is 71.1 Å².